The van der Waals surface area contributed by atoms with E-state index in [9.17, 15) is 65.9 Å². The molecular weight excluding hydrogens is 1190 g/mol. The Hall–Kier alpha value is -7.31. The molecule has 8 atom stereocenters. The highest BCUT2D eigenvalue weighted by atomic mass is 35.5. The molecule has 502 valence electrons. The lowest BCUT2D eigenvalue weighted by atomic mass is 9.95. The zero-order valence-corrected chi connectivity index (χ0v) is 56.4. The minimum Gasteiger partial charge on any atom is -0.351 e. The summed E-state index contributed by atoms with van der Waals surface area (Å²) < 4.78 is 40.8. The molecule has 1 heterocycles. The summed E-state index contributed by atoms with van der Waals surface area (Å²) in [5.41, 5.74) is -1.70. The van der Waals surface area contributed by atoms with Gasteiger partial charge in [-0.2, -0.15) is 13.2 Å². The quantitative estimate of drug-likeness (QED) is 0.225. The lowest BCUT2D eigenvalue weighted by Gasteiger charge is -2.38. The van der Waals surface area contributed by atoms with Gasteiger partial charge in [0.15, 0.2) is 0 Å². The molecule has 0 aromatic heterocycles. The highest BCUT2D eigenvalue weighted by Crippen LogP contribution is 2.30. The SMILES string of the molecule is CCC(C)[C@@H]1NC(=O)[C@H](C(C)C)N(C)C(=O)C[C@@H](C)NC(=O)[C@H](CC(C)C)N(C)C(=O)C(C)(C)NC(=O)[C@H](CC(C)C)N(C)C(=O)[C@H](CCc2ccc(C(F)(F)F)cc2)NC(=O)CN(C)C(=O)[C@H](Cc2ccc(Cl)cc2)N(C)C(=O)CN(C)C(=O)CN(C)C1=O. The topological polar surface area (TPSA) is 259 Å². The van der Waals surface area contributed by atoms with Crippen LogP contribution in [0.25, 0.3) is 0 Å². The minimum absolute atomic E-state index is 0.0399. The molecule has 4 N–H and O–H groups in total. The maximum absolute atomic E-state index is 14.9. The summed E-state index contributed by atoms with van der Waals surface area (Å²) >= 11 is 6.20. The van der Waals surface area contributed by atoms with Gasteiger partial charge in [-0.15, -0.1) is 0 Å². The van der Waals surface area contributed by atoms with Crippen LogP contribution in [0.1, 0.15) is 125 Å². The highest BCUT2D eigenvalue weighted by Gasteiger charge is 2.43. The molecule has 1 aliphatic rings. The first-order chi connectivity index (χ1) is 41.6. The third-order valence-corrected chi connectivity index (χ3v) is 16.6. The molecular formula is C64H97ClF3N11O11. The monoisotopic (exact) mass is 1290 g/mol. The average molecular weight is 1290 g/mol. The molecule has 0 aliphatic carbocycles. The molecule has 22 nitrogen and oxygen atoms in total. The van der Waals surface area contributed by atoms with E-state index in [0.717, 1.165) is 36.6 Å². The van der Waals surface area contributed by atoms with E-state index >= 15 is 0 Å². The third-order valence-electron chi connectivity index (χ3n) is 16.4. The van der Waals surface area contributed by atoms with Gasteiger partial charge in [0.2, 0.25) is 65.0 Å². The van der Waals surface area contributed by atoms with E-state index in [4.69, 9.17) is 11.6 Å². The summed E-state index contributed by atoms with van der Waals surface area (Å²) in [7, 11) is 9.54. The van der Waals surface area contributed by atoms with Crippen LogP contribution in [0.4, 0.5) is 13.2 Å². The molecule has 90 heavy (non-hydrogen) atoms. The smallest absolute Gasteiger partial charge is 0.351 e. The van der Waals surface area contributed by atoms with Gasteiger partial charge in [0.05, 0.1) is 25.2 Å². The van der Waals surface area contributed by atoms with Gasteiger partial charge < -0.3 is 55.6 Å². The van der Waals surface area contributed by atoms with Crippen LogP contribution in [0.3, 0.4) is 0 Å². The van der Waals surface area contributed by atoms with Gasteiger partial charge in [-0.25, -0.2) is 0 Å². The zero-order valence-electron chi connectivity index (χ0n) is 55.7. The first kappa shape index (κ1) is 76.9. The molecule has 1 saturated heterocycles. The summed E-state index contributed by atoms with van der Waals surface area (Å²) in [5.74, 6) is -9.01. The Labute approximate surface area is 534 Å². The second kappa shape index (κ2) is 33.7. The van der Waals surface area contributed by atoms with E-state index in [-0.39, 0.29) is 50.4 Å². The van der Waals surface area contributed by atoms with Gasteiger partial charge >= 0.3 is 6.18 Å². The number of rotatable bonds is 12. The Bertz CT molecular complexity index is 2860. The summed E-state index contributed by atoms with van der Waals surface area (Å²) in [5, 5.41) is 11.5. The van der Waals surface area contributed by atoms with Crippen LogP contribution in [0, 0.1) is 23.7 Å². The lowest BCUT2D eigenvalue weighted by Crippen LogP contribution is -2.63. The maximum Gasteiger partial charge on any atom is 0.416 e. The van der Waals surface area contributed by atoms with Crippen molar-refractivity contribution in [1.82, 2.24) is 55.6 Å². The number of carbonyl (C=O) groups is 11. The Morgan fingerprint density at radius 3 is 1.62 bits per heavy atom. The number of nitrogens with zero attached hydrogens (tertiary/aromatic N) is 7. The van der Waals surface area contributed by atoms with Gasteiger partial charge in [-0.1, -0.05) is 97.7 Å². The number of aryl methyl sites for hydroxylation is 1. The van der Waals surface area contributed by atoms with E-state index in [2.05, 4.69) is 21.3 Å². The fourth-order valence-corrected chi connectivity index (χ4v) is 10.8. The number of hydrogen-bond donors (Lipinski definition) is 4. The number of carbonyl (C=O) groups excluding carboxylic acids is 11. The van der Waals surface area contributed by atoms with Crippen LogP contribution < -0.4 is 21.3 Å². The number of likely N-dealkylation sites (N-methyl/N-ethyl adjacent to an activating group) is 7. The molecule has 3 rings (SSSR count). The molecule has 1 fully saturated rings. The molecule has 1 unspecified atom stereocenters. The molecule has 0 spiro atoms. The highest BCUT2D eigenvalue weighted by molar-refractivity contribution is 6.30. The predicted molar refractivity (Wildman–Crippen MR) is 336 cm³/mol. The number of benzene rings is 2. The van der Waals surface area contributed by atoms with Crippen molar-refractivity contribution >= 4 is 76.6 Å². The maximum atomic E-state index is 14.9. The van der Waals surface area contributed by atoms with Crippen LogP contribution in [-0.4, -0.2) is 216 Å². The van der Waals surface area contributed by atoms with E-state index in [1.54, 1.807) is 65.8 Å². The summed E-state index contributed by atoms with van der Waals surface area (Å²) in [6, 6.07) is 2.41. The van der Waals surface area contributed by atoms with Crippen LogP contribution in [0.15, 0.2) is 48.5 Å². The second-order valence-electron chi connectivity index (χ2n) is 25.8. The molecule has 2 aromatic carbocycles. The van der Waals surface area contributed by atoms with Crippen molar-refractivity contribution in [2.75, 3.05) is 69.0 Å². The van der Waals surface area contributed by atoms with Crippen LogP contribution in [-0.2, 0) is 71.8 Å². The van der Waals surface area contributed by atoms with Crippen molar-refractivity contribution < 1.29 is 65.9 Å². The molecule has 26 heteroatoms. The van der Waals surface area contributed by atoms with Crippen molar-refractivity contribution in [3.63, 3.8) is 0 Å². The molecule has 1 aliphatic heterocycles. The summed E-state index contributed by atoms with van der Waals surface area (Å²) in [6.07, 6.45) is -4.65. The predicted octanol–water partition coefficient (Wildman–Crippen LogP) is 4.78. The normalized spacial score (nSPS) is 23.8. The van der Waals surface area contributed by atoms with Gasteiger partial charge in [-0.05, 0) is 106 Å². The Kier molecular flexibility index (Phi) is 28.8. The first-order valence-corrected chi connectivity index (χ1v) is 30.9. The summed E-state index contributed by atoms with van der Waals surface area (Å²) in [6.45, 7) is 17.0. The standard InChI is InChI=1S/C64H97ClF3N11O11/c1-19-40(8)54-61(89)75(14)35-52(82)73(12)36-53(83)76(15)49(33-43-22-27-45(65)28-23-43)60(88)74(13)34-50(80)70-46(29-24-42-20-25-44(26-21-42)64(66,67)68)59(87)77(16)48(31-38(4)5)57(85)72-63(10,11)62(90)78(17)47(30-37(2)3)56(84)69-41(9)32-51(81)79(18)55(39(6)7)58(86)71-54/h20-23,25-28,37-41,46-49,54-55H,19,24,29-36H2,1-18H3,(H,69,84)(H,70,80)(H,71,86)(H,72,85)/t40?,41-,46+,47+,48+,49+,54+,55+/m1/s1. The zero-order chi connectivity index (χ0) is 68.6. The third kappa shape index (κ3) is 22.0. The fraction of sp³-hybridized carbons (Fsp3) is 0.641. The molecule has 11 amide bonds. The van der Waals surface area contributed by atoms with Gasteiger partial charge in [0.25, 0.3) is 0 Å². The Morgan fingerprint density at radius 2 is 1.10 bits per heavy atom. The number of halogens is 4. The number of hydrogen-bond acceptors (Lipinski definition) is 11. The lowest BCUT2D eigenvalue weighted by molar-refractivity contribution is -0.149. The Balaban J connectivity index is 2.22. The fourth-order valence-electron chi connectivity index (χ4n) is 10.7. The molecule has 0 radical (unpaired) electrons. The van der Waals surface area contributed by atoms with E-state index in [1.165, 1.54) is 85.1 Å². The van der Waals surface area contributed by atoms with E-state index < -0.39 is 156 Å². The first-order valence-electron chi connectivity index (χ1n) is 30.5. The van der Waals surface area contributed by atoms with Gasteiger partial charge in [0, 0.05) is 73.2 Å². The van der Waals surface area contributed by atoms with Crippen LogP contribution in [0.2, 0.25) is 5.02 Å². The largest absolute Gasteiger partial charge is 0.416 e. The van der Waals surface area contributed by atoms with Gasteiger partial charge in [0.1, 0.15) is 41.8 Å². The van der Waals surface area contributed by atoms with Crippen molar-refractivity contribution in [3.05, 3.63) is 70.2 Å². The Morgan fingerprint density at radius 1 is 0.578 bits per heavy atom. The van der Waals surface area contributed by atoms with E-state index in [1.807, 2.05) is 20.8 Å². The van der Waals surface area contributed by atoms with Crippen LogP contribution in [0.5, 0.6) is 0 Å². The van der Waals surface area contributed by atoms with Crippen molar-refractivity contribution in [2.24, 2.45) is 23.7 Å². The van der Waals surface area contributed by atoms with Crippen LogP contribution >= 0.6 is 11.6 Å². The van der Waals surface area contributed by atoms with Gasteiger partial charge in [-0.3, -0.25) is 52.7 Å². The molecule has 0 saturated carbocycles. The molecule has 0 bridgehead atoms. The molecule has 2 aromatic rings. The van der Waals surface area contributed by atoms with Crippen molar-refractivity contribution in [3.8, 4) is 0 Å². The van der Waals surface area contributed by atoms with Crippen molar-refractivity contribution in [1.29, 1.82) is 0 Å². The number of nitrogens with one attached hydrogen (secondary N) is 4. The minimum atomic E-state index is -4.63. The van der Waals surface area contributed by atoms with Crippen molar-refractivity contribution in [2.45, 2.75) is 175 Å². The van der Waals surface area contributed by atoms with E-state index in [0.29, 0.717) is 22.6 Å². The average Bonchev–Trinajstić information content (AvgIpc) is 1.70. The number of amides is 11. The second-order valence-corrected chi connectivity index (χ2v) is 26.2. The number of alkyl halides is 3. The summed E-state index contributed by atoms with van der Waals surface area (Å²) in [4.78, 5) is 166.